The lowest BCUT2D eigenvalue weighted by Crippen LogP contribution is -2.47. The predicted octanol–water partition coefficient (Wildman–Crippen LogP) is 3.22. The van der Waals surface area contributed by atoms with Gasteiger partial charge in [-0.2, -0.15) is 0 Å². The summed E-state index contributed by atoms with van der Waals surface area (Å²) in [5.74, 6) is -0.213. The molecule has 2 aliphatic rings. The number of urea groups is 1. The molecule has 0 atom stereocenters. The van der Waals surface area contributed by atoms with Crippen LogP contribution in [0.15, 0.2) is 53.9 Å². The lowest BCUT2D eigenvalue weighted by molar-refractivity contribution is -0.127. The maximum atomic E-state index is 12.8. The van der Waals surface area contributed by atoms with Gasteiger partial charge in [0.2, 0.25) is 5.91 Å². The summed E-state index contributed by atoms with van der Waals surface area (Å²) >= 11 is 1.59. The van der Waals surface area contributed by atoms with Gasteiger partial charge in [-0.25, -0.2) is 9.69 Å². The van der Waals surface area contributed by atoms with E-state index in [1.807, 2.05) is 41.8 Å². The number of rotatable bonds is 4. The number of para-hydroxylation sites is 1. The molecule has 0 saturated carbocycles. The molecule has 0 N–H and O–H groups in total. The third-order valence-electron chi connectivity index (χ3n) is 5.16. The first-order valence-corrected chi connectivity index (χ1v) is 10.2. The van der Waals surface area contributed by atoms with E-state index < -0.39 is 0 Å². The van der Waals surface area contributed by atoms with Crippen molar-refractivity contribution in [3.8, 4) is 0 Å². The Morgan fingerprint density at radius 1 is 1.04 bits per heavy atom. The summed E-state index contributed by atoms with van der Waals surface area (Å²) in [5.41, 5.74) is 0.603. The Labute approximate surface area is 167 Å². The van der Waals surface area contributed by atoms with E-state index in [-0.39, 0.29) is 30.4 Å². The van der Waals surface area contributed by atoms with Crippen molar-refractivity contribution in [2.45, 2.75) is 18.9 Å². The molecule has 2 fully saturated rings. The van der Waals surface area contributed by atoms with Gasteiger partial charge in [-0.1, -0.05) is 24.3 Å². The number of imide groups is 1. The van der Waals surface area contributed by atoms with Crippen LogP contribution in [-0.4, -0.2) is 53.3 Å². The van der Waals surface area contributed by atoms with Gasteiger partial charge >= 0.3 is 6.03 Å². The van der Waals surface area contributed by atoms with Crippen molar-refractivity contribution in [1.29, 1.82) is 0 Å². The van der Waals surface area contributed by atoms with Gasteiger partial charge in [0.1, 0.15) is 6.54 Å². The molecule has 4 amide bonds. The molecule has 3 heterocycles. The highest BCUT2D eigenvalue weighted by Gasteiger charge is 2.41. The number of piperidine rings is 1. The molecular weight excluding hydrogens is 374 g/mol. The zero-order valence-corrected chi connectivity index (χ0v) is 16.2. The minimum atomic E-state index is -0.265. The highest BCUT2D eigenvalue weighted by molar-refractivity contribution is 7.10. The molecule has 0 aliphatic carbocycles. The maximum Gasteiger partial charge on any atom is 0.332 e. The summed E-state index contributed by atoms with van der Waals surface area (Å²) in [6.07, 6.45) is 4.80. The molecule has 1 aromatic carbocycles. The van der Waals surface area contributed by atoms with Gasteiger partial charge in [0, 0.05) is 30.1 Å². The first-order chi connectivity index (χ1) is 13.6. The molecule has 2 aromatic rings. The van der Waals surface area contributed by atoms with Crippen molar-refractivity contribution >= 4 is 40.9 Å². The zero-order valence-electron chi connectivity index (χ0n) is 15.4. The SMILES string of the molecule is O=C(C=Cc1cccs1)N1CCC(N2CC(=O)N(c3ccccc3)C2=O)CC1. The maximum absolute atomic E-state index is 12.8. The van der Waals surface area contributed by atoms with E-state index in [0.29, 0.717) is 31.6 Å². The summed E-state index contributed by atoms with van der Waals surface area (Å²) in [6.45, 7) is 1.27. The number of carbonyl (C=O) groups is 3. The van der Waals surface area contributed by atoms with Crippen LogP contribution < -0.4 is 4.90 Å². The minimum absolute atomic E-state index is 0.0124. The second-order valence-corrected chi connectivity index (χ2v) is 7.86. The van der Waals surface area contributed by atoms with E-state index in [1.54, 1.807) is 39.3 Å². The minimum Gasteiger partial charge on any atom is -0.339 e. The van der Waals surface area contributed by atoms with Crippen LogP contribution in [0.1, 0.15) is 17.7 Å². The van der Waals surface area contributed by atoms with Gasteiger partial charge in [-0.3, -0.25) is 9.59 Å². The van der Waals surface area contributed by atoms with Crippen LogP contribution >= 0.6 is 11.3 Å². The van der Waals surface area contributed by atoms with Crippen LogP contribution in [0, 0.1) is 0 Å². The molecule has 7 heteroatoms. The van der Waals surface area contributed by atoms with Crippen molar-refractivity contribution in [2.24, 2.45) is 0 Å². The number of nitrogens with zero attached hydrogens (tertiary/aromatic N) is 3. The molecule has 1 aromatic heterocycles. The standard InChI is InChI=1S/C21H21N3O3S/c25-19(9-8-18-7-4-14-28-18)22-12-10-16(11-13-22)23-15-20(26)24(21(23)27)17-5-2-1-3-6-17/h1-9,14,16H,10-13,15H2. The number of amides is 4. The second-order valence-electron chi connectivity index (χ2n) is 6.88. The number of thiophene rings is 1. The van der Waals surface area contributed by atoms with E-state index in [9.17, 15) is 14.4 Å². The lowest BCUT2D eigenvalue weighted by Gasteiger charge is -2.35. The average molecular weight is 395 g/mol. The summed E-state index contributed by atoms with van der Waals surface area (Å²) in [4.78, 5) is 43.3. The third-order valence-corrected chi connectivity index (χ3v) is 5.99. The van der Waals surface area contributed by atoms with Gasteiger partial charge in [-0.05, 0) is 42.5 Å². The highest BCUT2D eigenvalue weighted by Crippen LogP contribution is 2.26. The molecular formula is C21H21N3O3S. The van der Waals surface area contributed by atoms with Gasteiger partial charge < -0.3 is 9.80 Å². The molecule has 0 radical (unpaired) electrons. The van der Waals surface area contributed by atoms with Crippen LogP contribution in [0.25, 0.3) is 6.08 Å². The Kier molecular flexibility index (Phi) is 5.25. The highest BCUT2D eigenvalue weighted by atomic mass is 32.1. The number of hydrogen-bond donors (Lipinski definition) is 0. The van der Waals surface area contributed by atoms with Crippen LogP contribution in [0.5, 0.6) is 0 Å². The predicted molar refractivity (Wildman–Crippen MR) is 109 cm³/mol. The third kappa shape index (κ3) is 3.71. The largest absolute Gasteiger partial charge is 0.339 e. The van der Waals surface area contributed by atoms with Gasteiger partial charge in [0.05, 0.1) is 5.69 Å². The summed E-state index contributed by atoms with van der Waals surface area (Å²) in [7, 11) is 0. The molecule has 2 aliphatic heterocycles. The lowest BCUT2D eigenvalue weighted by atomic mass is 10.0. The molecule has 144 valence electrons. The Morgan fingerprint density at radius 2 is 1.79 bits per heavy atom. The van der Waals surface area contributed by atoms with E-state index >= 15 is 0 Å². The number of carbonyl (C=O) groups excluding carboxylic acids is 3. The fourth-order valence-corrected chi connectivity index (χ4v) is 4.30. The smallest absolute Gasteiger partial charge is 0.332 e. The van der Waals surface area contributed by atoms with Crippen molar-refractivity contribution in [3.05, 3.63) is 58.8 Å². The number of likely N-dealkylation sites (tertiary alicyclic amines) is 1. The van der Waals surface area contributed by atoms with Gasteiger partial charge in [-0.15, -0.1) is 11.3 Å². The summed E-state index contributed by atoms with van der Waals surface area (Å²) < 4.78 is 0. The Bertz CT molecular complexity index is 887. The fraction of sp³-hybridized carbons (Fsp3) is 0.286. The Morgan fingerprint density at radius 3 is 2.46 bits per heavy atom. The second kappa shape index (κ2) is 7.98. The van der Waals surface area contributed by atoms with Crippen LogP contribution in [0.3, 0.4) is 0 Å². The number of benzene rings is 1. The van der Waals surface area contributed by atoms with Crippen molar-refractivity contribution in [3.63, 3.8) is 0 Å². The van der Waals surface area contributed by atoms with E-state index in [0.717, 1.165) is 4.88 Å². The van der Waals surface area contributed by atoms with E-state index in [4.69, 9.17) is 0 Å². The number of hydrogen-bond acceptors (Lipinski definition) is 4. The quantitative estimate of drug-likeness (QED) is 0.590. The first-order valence-electron chi connectivity index (χ1n) is 9.32. The molecule has 2 saturated heterocycles. The van der Waals surface area contributed by atoms with Crippen molar-refractivity contribution < 1.29 is 14.4 Å². The zero-order chi connectivity index (χ0) is 19.5. The Balaban J connectivity index is 1.36. The van der Waals surface area contributed by atoms with Gasteiger partial charge in [0.15, 0.2) is 0 Å². The average Bonchev–Trinajstić information content (AvgIpc) is 3.34. The summed E-state index contributed by atoms with van der Waals surface area (Å²) in [5, 5.41) is 1.97. The van der Waals surface area contributed by atoms with Crippen molar-refractivity contribution in [1.82, 2.24) is 9.80 Å². The molecule has 0 spiro atoms. The van der Waals surface area contributed by atoms with E-state index in [1.165, 1.54) is 4.90 Å². The van der Waals surface area contributed by atoms with Crippen LogP contribution in [-0.2, 0) is 9.59 Å². The first kappa shape index (κ1) is 18.4. The molecule has 0 bridgehead atoms. The number of anilines is 1. The molecule has 0 unspecified atom stereocenters. The van der Waals surface area contributed by atoms with Crippen molar-refractivity contribution in [2.75, 3.05) is 24.5 Å². The fourth-order valence-electron chi connectivity index (χ4n) is 3.68. The molecule has 6 nitrogen and oxygen atoms in total. The monoisotopic (exact) mass is 395 g/mol. The topological polar surface area (TPSA) is 60.9 Å². The van der Waals surface area contributed by atoms with E-state index in [2.05, 4.69) is 0 Å². The van der Waals surface area contributed by atoms with Gasteiger partial charge in [0.25, 0.3) is 5.91 Å². The summed E-state index contributed by atoms with van der Waals surface area (Å²) in [6, 6.07) is 12.6. The van der Waals surface area contributed by atoms with Crippen LogP contribution in [0.4, 0.5) is 10.5 Å². The molecule has 28 heavy (non-hydrogen) atoms. The van der Waals surface area contributed by atoms with Crippen LogP contribution in [0.2, 0.25) is 0 Å². The Hall–Kier alpha value is -2.93. The molecule has 4 rings (SSSR count). The normalized spacial score (nSPS) is 18.5.